The third-order valence-corrected chi connectivity index (χ3v) is 2.99. The predicted molar refractivity (Wildman–Crippen MR) is 70.4 cm³/mol. The van der Waals surface area contributed by atoms with Gasteiger partial charge in [-0.15, -0.1) is 0 Å². The number of hydrogen-bond acceptors (Lipinski definition) is 3. The van der Waals surface area contributed by atoms with Crippen molar-refractivity contribution in [1.29, 1.82) is 0 Å². The molecule has 0 radical (unpaired) electrons. The molecule has 0 atom stereocenters. The Morgan fingerprint density at radius 2 is 2.00 bits per heavy atom. The molecule has 2 aromatic rings. The Bertz CT molecular complexity index is 585. The molecule has 0 saturated carbocycles. The Labute approximate surface area is 114 Å². The molecule has 1 heterocycles. The zero-order valence-electron chi connectivity index (χ0n) is 9.48. The molecule has 1 aromatic heterocycles. The summed E-state index contributed by atoms with van der Waals surface area (Å²) in [5.74, 6) is -0.284. The van der Waals surface area contributed by atoms with Gasteiger partial charge < -0.3 is 4.74 Å². The zero-order valence-corrected chi connectivity index (χ0v) is 11.0. The molecule has 0 saturated heterocycles. The molecule has 0 aliphatic rings. The smallest absolute Gasteiger partial charge is 0.362 e. The average molecular weight is 282 g/mol. The zero-order chi connectivity index (χ0) is 13.1. The molecule has 1 aromatic carbocycles. The van der Waals surface area contributed by atoms with Crippen LogP contribution in [0.5, 0.6) is 5.75 Å². The molecule has 18 heavy (non-hydrogen) atoms. The molecule has 0 N–H and O–H groups in total. The minimum absolute atomic E-state index is 0.223. The van der Waals surface area contributed by atoms with Crippen LogP contribution in [0.3, 0.4) is 0 Å². The number of pyridine rings is 1. The highest BCUT2D eigenvalue weighted by Crippen LogP contribution is 2.31. The van der Waals surface area contributed by atoms with Crippen LogP contribution in [0.15, 0.2) is 36.5 Å². The van der Waals surface area contributed by atoms with Gasteiger partial charge in [0.05, 0.1) is 5.02 Å². The molecule has 0 amide bonds. The molecule has 92 valence electrons. The Morgan fingerprint density at radius 3 is 2.67 bits per heavy atom. The fourth-order valence-corrected chi connectivity index (χ4v) is 1.77. The van der Waals surface area contributed by atoms with Gasteiger partial charge in [-0.2, -0.15) is 0 Å². The Balaban J connectivity index is 2.25. The van der Waals surface area contributed by atoms with Crippen LogP contribution in [-0.4, -0.2) is 11.0 Å². The second-order valence-corrected chi connectivity index (χ2v) is 4.45. The summed E-state index contributed by atoms with van der Waals surface area (Å²) >= 11 is 11.9. The molecule has 0 fully saturated rings. The van der Waals surface area contributed by atoms with Crippen LogP contribution < -0.4 is 4.74 Å². The van der Waals surface area contributed by atoms with Crippen LogP contribution in [0.25, 0.3) is 0 Å². The maximum absolute atomic E-state index is 11.8. The molecular formula is C13H9Cl2NO2. The summed E-state index contributed by atoms with van der Waals surface area (Å²) in [7, 11) is 0. The number of benzene rings is 1. The van der Waals surface area contributed by atoms with Gasteiger partial charge in [0.1, 0.15) is 11.4 Å². The van der Waals surface area contributed by atoms with Crippen molar-refractivity contribution in [3.8, 4) is 5.75 Å². The van der Waals surface area contributed by atoms with E-state index in [2.05, 4.69) is 4.98 Å². The lowest BCUT2D eigenvalue weighted by Gasteiger charge is -2.07. The van der Waals surface area contributed by atoms with Gasteiger partial charge in [-0.25, -0.2) is 9.78 Å². The first-order valence-corrected chi connectivity index (χ1v) is 5.92. The summed E-state index contributed by atoms with van der Waals surface area (Å²) in [4.78, 5) is 15.7. The predicted octanol–water partition coefficient (Wildman–Crippen LogP) is 3.92. The van der Waals surface area contributed by atoms with Crippen LogP contribution in [0.4, 0.5) is 0 Å². The molecule has 5 heteroatoms. The highest BCUT2D eigenvalue weighted by atomic mass is 35.5. The summed E-state index contributed by atoms with van der Waals surface area (Å²) in [5, 5.41) is 0.813. The number of carbonyl (C=O) groups excluding carboxylic acids is 1. The first kappa shape index (κ1) is 12.9. The second kappa shape index (κ2) is 5.38. The van der Waals surface area contributed by atoms with Crippen molar-refractivity contribution < 1.29 is 9.53 Å². The number of nitrogens with zero attached hydrogens (tertiary/aromatic N) is 1. The number of aromatic nitrogens is 1. The lowest BCUT2D eigenvalue weighted by Crippen LogP contribution is -2.10. The van der Waals surface area contributed by atoms with E-state index in [4.69, 9.17) is 27.9 Å². The molecule has 0 unspecified atom stereocenters. The van der Waals surface area contributed by atoms with Crippen molar-refractivity contribution in [1.82, 2.24) is 4.98 Å². The molecular weight excluding hydrogens is 273 g/mol. The van der Waals surface area contributed by atoms with Gasteiger partial charge >= 0.3 is 5.97 Å². The normalized spacial score (nSPS) is 10.2. The largest absolute Gasteiger partial charge is 0.420 e. The monoisotopic (exact) mass is 281 g/mol. The Hall–Kier alpha value is -1.58. The SMILES string of the molecule is Cc1cc(OC(=O)c2ccccn2)c(Cl)cc1Cl. The summed E-state index contributed by atoms with van der Waals surface area (Å²) in [5.41, 5.74) is 1.01. The average Bonchev–Trinajstić information content (AvgIpc) is 2.37. The first-order chi connectivity index (χ1) is 8.58. The van der Waals surface area contributed by atoms with Gasteiger partial charge in [0.15, 0.2) is 0 Å². The van der Waals surface area contributed by atoms with Crippen LogP contribution in [-0.2, 0) is 0 Å². The van der Waals surface area contributed by atoms with Crippen molar-refractivity contribution in [2.45, 2.75) is 6.92 Å². The van der Waals surface area contributed by atoms with Gasteiger partial charge in [-0.3, -0.25) is 0 Å². The fraction of sp³-hybridized carbons (Fsp3) is 0.0769. The van der Waals surface area contributed by atoms with E-state index in [9.17, 15) is 4.79 Å². The summed E-state index contributed by atoms with van der Waals surface area (Å²) in [6.45, 7) is 1.80. The Kier molecular flexibility index (Phi) is 3.84. The van der Waals surface area contributed by atoms with Gasteiger partial charge in [0, 0.05) is 11.2 Å². The van der Waals surface area contributed by atoms with Crippen LogP contribution in [0, 0.1) is 6.92 Å². The minimum atomic E-state index is -0.556. The highest BCUT2D eigenvalue weighted by Gasteiger charge is 2.13. The molecule has 2 rings (SSSR count). The number of ether oxygens (including phenoxy) is 1. The summed E-state index contributed by atoms with van der Waals surface area (Å²) < 4.78 is 5.18. The van der Waals surface area contributed by atoms with Crippen molar-refractivity contribution in [2.24, 2.45) is 0 Å². The van der Waals surface area contributed by atoms with E-state index in [0.717, 1.165) is 5.56 Å². The standard InChI is InChI=1S/C13H9Cl2NO2/c1-8-6-12(10(15)7-9(8)14)18-13(17)11-4-2-3-5-16-11/h2-7H,1H3. The maximum atomic E-state index is 11.8. The molecule has 0 spiro atoms. The number of carbonyl (C=O) groups is 1. The summed E-state index contributed by atoms with van der Waals surface area (Å²) in [6, 6.07) is 8.15. The first-order valence-electron chi connectivity index (χ1n) is 5.17. The fourth-order valence-electron chi connectivity index (χ4n) is 1.34. The number of rotatable bonds is 2. The van der Waals surface area contributed by atoms with E-state index in [1.54, 1.807) is 37.3 Å². The van der Waals surface area contributed by atoms with Crippen molar-refractivity contribution in [3.05, 3.63) is 57.8 Å². The third kappa shape index (κ3) is 2.81. The topological polar surface area (TPSA) is 39.2 Å². The molecule has 0 aliphatic carbocycles. The van der Waals surface area contributed by atoms with E-state index in [1.165, 1.54) is 6.20 Å². The molecule has 0 aliphatic heterocycles. The summed E-state index contributed by atoms with van der Waals surface area (Å²) in [6.07, 6.45) is 1.52. The lowest BCUT2D eigenvalue weighted by molar-refractivity contribution is 0.0728. The lowest BCUT2D eigenvalue weighted by atomic mass is 10.2. The number of esters is 1. The van der Waals surface area contributed by atoms with Crippen LogP contribution in [0.2, 0.25) is 10.0 Å². The maximum Gasteiger partial charge on any atom is 0.362 e. The second-order valence-electron chi connectivity index (χ2n) is 3.64. The van der Waals surface area contributed by atoms with E-state index in [-0.39, 0.29) is 16.5 Å². The third-order valence-electron chi connectivity index (χ3n) is 2.29. The van der Waals surface area contributed by atoms with Crippen molar-refractivity contribution >= 4 is 29.2 Å². The quantitative estimate of drug-likeness (QED) is 0.619. The van der Waals surface area contributed by atoms with Gasteiger partial charge in [0.2, 0.25) is 0 Å². The highest BCUT2D eigenvalue weighted by molar-refractivity contribution is 6.36. The van der Waals surface area contributed by atoms with E-state index in [1.807, 2.05) is 0 Å². The van der Waals surface area contributed by atoms with E-state index < -0.39 is 5.97 Å². The minimum Gasteiger partial charge on any atom is -0.420 e. The van der Waals surface area contributed by atoms with E-state index >= 15 is 0 Å². The van der Waals surface area contributed by atoms with Gasteiger partial charge in [-0.05, 0) is 36.8 Å². The molecule has 0 bridgehead atoms. The van der Waals surface area contributed by atoms with Gasteiger partial charge in [0.25, 0.3) is 0 Å². The number of aryl methyl sites for hydroxylation is 1. The van der Waals surface area contributed by atoms with E-state index in [0.29, 0.717) is 5.02 Å². The Morgan fingerprint density at radius 1 is 1.22 bits per heavy atom. The van der Waals surface area contributed by atoms with Crippen LogP contribution in [0.1, 0.15) is 16.1 Å². The van der Waals surface area contributed by atoms with Gasteiger partial charge in [-0.1, -0.05) is 29.3 Å². The number of hydrogen-bond donors (Lipinski definition) is 0. The molecule has 3 nitrogen and oxygen atoms in total. The van der Waals surface area contributed by atoms with Crippen LogP contribution >= 0.6 is 23.2 Å². The number of halogens is 2. The van der Waals surface area contributed by atoms with Crippen molar-refractivity contribution in [3.63, 3.8) is 0 Å². The van der Waals surface area contributed by atoms with Crippen molar-refractivity contribution in [2.75, 3.05) is 0 Å².